The second kappa shape index (κ2) is 6.56. The van der Waals surface area contributed by atoms with E-state index in [0.29, 0.717) is 6.54 Å². The molecule has 0 aromatic heterocycles. The number of hydrogen-bond donors (Lipinski definition) is 0. The van der Waals surface area contributed by atoms with E-state index in [9.17, 15) is 9.59 Å². The second-order valence-electron chi connectivity index (χ2n) is 4.05. The number of carbonyl (C=O) groups is 2. The Morgan fingerprint density at radius 3 is 2.13 bits per heavy atom. The summed E-state index contributed by atoms with van der Waals surface area (Å²) in [7, 11) is 3.45. The molecular formula is C11H22N2O2. The normalized spacial score (nSPS) is 12.7. The molecule has 0 aliphatic rings. The summed E-state index contributed by atoms with van der Waals surface area (Å²) in [5.74, 6) is 0.145. The Hall–Kier alpha value is -0.900. The van der Waals surface area contributed by atoms with Gasteiger partial charge >= 0.3 is 0 Å². The van der Waals surface area contributed by atoms with Gasteiger partial charge in [0.2, 0.25) is 5.91 Å². The maximum Gasteiger partial charge on any atom is 0.236 e. The lowest BCUT2D eigenvalue weighted by molar-refractivity contribution is -0.131. The SMILES string of the molecule is CCCN(CC(=O)N(C)C)C(C)C(C)=O. The predicted octanol–water partition coefficient (Wildman–Crippen LogP) is 0.764. The van der Waals surface area contributed by atoms with Crippen molar-refractivity contribution >= 4 is 11.7 Å². The summed E-state index contributed by atoms with van der Waals surface area (Å²) in [5, 5.41) is 0. The quantitative estimate of drug-likeness (QED) is 0.655. The number of amides is 1. The molecule has 0 spiro atoms. The van der Waals surface area contributed by atoms with Gasteiger partial charge in [0.15, 0.2) is 0 Å². The number of Topliss-reactive ketones (excluding diaryl/α,β-unsaturated/α-hetero) is 1. The third-order valence-electron chi connectivity index (χ3n) is 2.48. The van der Waals surface area contributed by atoms with Gasteiger partial charge in [-0.25, -0.2) is 0 Å². The lowest BCUT2D eigenvalue weighted by Crippen LogP contribution is -2.44. The van der Waals surface area contributed by atoms with E-state index in [-0.39, 0.29) is 17.7 Å². The topological polar surface area (TPSA) is 40.6 Å². The zero-order valence-electron chi connectivity index (χ0n) is 10.4. The molecule has 15 heavy (non-hydrogen) atoms. The molecule has 0 rings (SSSR count). The van der Waals surface area contributed by atoms with Gasteiger partial charge in [-0.1, -0.05) is 6.92 Å². The molecule has 88 valence electrons. The summed E-state index contributed by atoms with van der Waals surface area (Å²) in [6, 6.07) is -0.172. The van der Waals surface area contributed by atoms with Crippen molar-refractivity contribution < 1.29 is 9.59 Å². The zero-order valence-corrected chi connectivity index (χ0v) is 10.4. The van der Waals surface area contributed by atoms with Crippen LogP contribution < -0.4 is 0 Å². The van der Waals surface area contributed by atoms with Gasteiger partial charge in [-0.3, -0.25) is 14.5 Å². The third kappa shape index (κ3) is 4.93. The molecule has 1 amide bonds. The smallest absolute Gasteiger partial charge is 0.236 e. The number of carbonyl (C=O) groups excluding carboxylic acids is 2. The number of ketones is 1. The standard InChI is InChI=1S/C11H22N2O2/c1-6-7-13(9(2)10(3)14)8-11(15)12(4)5/h9H,6-8H2,1-5H3. The average Bonchev–Trinajstić information content (AvgIpc) is 2.15. The molecule has 1 unspecified atom stereocenters. The fraction of sp³-hybridized carbons (Fsp3) is 0.818. The van der Waals surface area contributed by atoms with E-state index in [1.165, 1.54) is 0 Å². The molecule has 0 saturated heterocycles. The van der Waals surface area contributed by atoms with Crippen LogP contribution in [0.3, 0.4) is 0 Å². The van der Waals surface area contributed by atoms with Gasteiger partial charge < -0.3 is 4.90 Å². The highest BCUT2D eigenvalue weighted by Gasteiger charge is 2.20. The first-order valence-electron chi connectivity index (χ1n) is 5.34. The zero-order chi connectivity index (χ0) is 12.0. The van der Waals surface area contributed by atoms with E-state index < -0.39 is 0 Å². The van der Waals surface area contributed by atoms with Gasteiger partial charge in [-0.2, -0.15) is 0 Å². The van der Waals surface area contributed by atoms with Crippen LogP contribution in [0, 0.1) is 0 Å². The Morgan fingerprint density at radius 2 is 1.80 bits per heavy atom. The Bertz CT molecular complexity index is 227. The largest absolute Gasteiger partial charge is 0.348 e. The molecule has 0 aliphatic carbocycles. The van der Waals surface area contributed by atoms with Gasteiger partial charge in [0.25, 0.3) is 0 Å². The molecule has 1 atom stereocenters. The molecule has 4 heteroatoms. The first kappa shape index (κ1) is 14.1. The summed E-state index contributed by atoms with van der Waals surface area (Å²) in [4.78, 5) is 26.2. The van der Waals surface area contributed by atoms with E-state index >= 15 is 0 Å². The van der Waals surface area contributed by atoms with Crippen molar-refractivity contribution in [2.24, 2.45) is 0 Å². The van der Waals surface area contributed by atoms with Gasteiger partial charge in [-0.15, -0.1) is 0 Å². The fourth-order valence-electron chi connectivity index (χ4n) is 1.27. The van der Waals surface area contributed by atoms with Crippen molar-refractivity contribution in [3.8, 4) is 0 Å². The summed E-state index contributed by atoms with van der Waals surface area (Å²) in [6.07, 6.45) is 0.943. The van der Waals surface area contributed by atoms with Crippen LogP contribution in [-0.4, -0.2) is 54.7 Å². The second-order valence-corrected chi connectivity index (χ2v) is 4.05. The molecule has 0 fully saturated rings. The van der Waals surface area contributed by atoms with Crippen LogP contribution in [0.4, 0.5) is 0 Å². The first-order valence-corrected chi connectivity index (χ1v) is 5.34. The third-order valence-corrected chi connectivity index (χ3v) is 2.48. The molecule has 0 aromatic carbocycles. The van der Waals surface area contributed by atoms with Crippen LogP contribution in [0.2, 0.25) is 0 Å². The highest BCUT2D eigenvalue weighted by Crippen LogP contribution is 2.02. The van der Waals surface area contributed by atoms with Crippen LogP contribution in [0.1, 0.15) is 27.2 Å². The molecule has 0 saturated carbocycles. The van der Waals surface area contributed by atoms with E-state index in [0.717, 1.165) is 13.0 Å². The van der Waals surface area contributed by atoms with Crippen molar-refractivity contribution in [1.82, 2.24) is 9.80 Å². The van der Waals surface area contributed by atoms with E-state index in [1.807, 2.05) is 18.7 Å². The van der Waals surface area contributed by atoms with E-state index in [2.05, 4.69) is 0 Å². The van der Waals surface area contributed by atoms with Crippen molar-refractivity contribution in [2.75, 3.05) is 27.2 Å². The van der Waals surface area contributed by atoms with E-state index in [1.54, 1.807) is 25.9 Å². The van der Waals surface area contributed by atoms with Crippen LogP contribution in [0.5, 0.6) is 0 Å². The summed E-state index contributed by atoms with van der Waals surface area (Å²) < 4.78 is 0. The molecule has 0 bridgehead atoms. The molecule has 0 radical (unpaired) electrons. The van der Waals surface area contributed by atoms with Crippen LogP contribution in [0.15, 0.2) is 0 Å². The van der Waals surface area contributed by atoms with Crippen molar-refractivity contribution in [3.05, 3.63) is 0 Å². The number of likely N-dealkylation sites (N-methyl/N-ethyl adjacent to an activating group) is 1. The van der Waals surface area contributed by atoms with E-state index in [4.69, 9.17) is 0 Å². The Balaban J connectivity index is 4.39. The molecule has 0 N–H and O–H groups in total. The van der Waals surface area contributed by atoms with Crippen molar-refractivity contribution in [3.63, 3.8) is 0 Å². The molecule has 0 aromatic rings. The highest BCUT2D eigenvalue weighted by atomic mass is 16.2. The molecule has 0 aliphatic heterocycles. The Labute approximate surface area is 92.2 Å². The van der Waals surface area contributed by atoms with Gasteiger partial charge in [0.1, 0.15) is 5.78 Å². The minimum absolute atomic E-state index is 0.0385. The Kier molecular flexibility index (Phi) is 6.17. The Morgan fingerprint density at radius 1 is 1.27 bits per heavy atom. The van der Waals surface area contributed by atoms with Crippen LogP contribution in [-0.2, 0) is 9.59 Å². The molecule has 4 nitrogen and oxygen atoms in total. The van der Waals surface area contributed by atoms with Crippen LogP contribution in [0.25, 0.3) is 0 Å². The highest BCUT2D eigenvalue weighted by molar-refractivity contribution is 5.83. The lowest BCUT2D eigenvalue weighted by Gasteiger charge is -2.27. The van der Waals surface area contributed by atoms with Gasteiger partial charge in [0.05, 0.1) is 12.6 Å². The summed E-state index contributed by atoms with van der Waals surface area (Å²) >= 11 is 0. The summed E-state index contributed by atoms with van der Waals surface area (Å²) in [6.45, 7) is 6.55. The van der Waals surface area contributed by atoms with Crippen molar-refractivity contribution in [1.29, 1.82) is 0 Å². The van der Waals surface area contributed by atoms with Crippen molar-refractivity contribution in [2.45, 2.75) is 33.2 Å². The monoisotopic (exact) mass is 214 g/mol. The fourth-order valence-corrected chi connectivity index (χ4v) is 1.27. The number of nitrogens with zero attached hydrogens (tertiary/aromatic N) is 2. The minimum atomic E-state index is -0.172. The van der Waals surface area contributed by atoms with Crippen LogP contribution >= 0.6 is 0 Å². The first-order chi connectivity index (χ1) is 6.90. The number of rotatable bonds is 6. The molecule has 0 heterocycles. The minimum Gasteiger partial charge on any atom is -0.348 e. The molecular weight excluding hydrogens is 192 g/mol. The van der Waals surface area contributed by atoms with Gasteiger partial charge in [0, 0.05) is 14.1 Å². The van der Waals surface area contributed by atoms with Gasteiger partial charge in [-0.05, 0) is 26.8 Å². The maximum absolute atomic E-state index is 11.5. The summed E-state index contributed by atoms with van der Waals surface area (Å²) in [5.41, 5.74) is 0. The maximum atomic E-state index is 11.5. The number of hydrogen-bond acceptors (Lipinski definition) is 3. The predicted molar refractivity (Wildman–Crippen MR) is 60.7 cm³/mol. The average molecular weight is 214 g/mol. The lowest BCUT2D eigenvalue weighted by atomic mass is 10.2.